The minimum atomic E-state index is -0.590. The lowest BCUT2D eigenvalue weighted by atomic mass is 10.2. The highest BCUT2D eigenvalue weighted by Crippen LogP contribution is 2.13. The number of thioether (sulfide) groups is 1. The number of nitrogens with two attached hydrogens (primary N) is 1. The molecule has 0 atom stereocenters. The summed E-state index contributed by atoms with van der Waals surface area (Å²) in [7, 11) is 0. The van der Waals surface area contributed by atoms with E-state index in [1.54, 1.807) is 0 Å². The van der Waals surface area contributed by atoms with Crippen LogP contribution in [0.1, 0.15) is 12.8 Å². The molecule has 0 aliphatic carbocycles. The van der Waals surface area contributed by atoms with Crippen LogP contribution in [0.2, 0.25) is 0 Å². The van der Waals surface area contributed by atoms with Crippen LogP contribution < -0.4 is 11.2 Å². The van der Waals surface area contributed by atoms with Crippen molar-refractivity contribution < 1.29 is 4.79 Å². The largest absolute Gasteiger partial charge is 0.350 e. The van der Waals surface area contributed by atoms with Crippen molar-refractivity contribution in [2.75, 3.05) is 11.5 Å². The Morgan fingerprint density at radius 1 is 1.73 bits per heavy atom. The number of rotatable bonds is 1. The van der Waals surface area contributed by atoms with Gasteiger partial charge in [0, 0.05) is 11.5 Å². The minimum Gasteiger partial charge on any atom is -0.350 e. The van der Waals surface area contributed by atoms with Crippen molar-refractivity contribution in [2.24, 2.45) is 10.8 Å². The summed E-state index contributed by atoms with van der Waals surface area (Å²) < 4.78 is 0. The predicted octanol–water partition coefficient (Wildman–Crippen LogP) is 0.538. The van der Waals surface area contributed by atoms with Gasteiger partial charge in [0.15, 0.2) is 0 Å². The number of hydrazone groups is 1. The third kappa shape index (κ3) is 3.27. The van der Waals surface area contributed by atoms with E-state index < -0.39 is 6.03 Å². The van der Waals surface area contributed by atoms with Gasteiger partial charge in [-0.15, -0.1) is 0 Å². The molecule has 1 aliphatic heterocycles. The van der Waals surface area contributed by atoms with Gasteiger partial charge in [-0.1, -0.05) is 0 Å². The van der Waals surface area contributed by atoms with Crippen molar-refractivity contribution in [1.29, 1.82) is 0 Å². The molecule has 0 aromatic heterocycles. The molecular weight excluding hydrogens is 162 g/mol. The van der Waals surface area contributed by atoms with Gasteiger partial charge in [0.25, 0.3) is 0 Å². The van der Waals surface area contributed by atoms with E-state index in [-0.39, 0.29) is 0 Å². The first-order valence-corrected chi connectivity index (χ1v) is 4.63. The second kappa shape index (κ2) is 4.23. The van der Waals surface area contributed by atoms with Crippen molar-refractivity contribution in [3.05, 3.63) is 0 Å². The highest BCUT2D eigenvalue weighted by atomic mass is 32.2. The van der Waals surface area contributed by atoms with Gasteiger partial charge in [-0.3, -0.25) is 0 Å². The molecule has 1 saturated heterocycles. The Kier molecular flexibility index (Phi) is 3.22. The fourth-order valence-electron chi connectivity index (χ4n) is 0.863. The Balaban J connectivity index is 2.32. The standard InChI is InChI=1S/C6H11N3OS/c7-6(10)9-8-5-2-1-3-11-4-5/h1-4H2,(H3,7,9,10). The monoisotopic (exact) mass is 173 g/mol. The van der Waals surface area contributed by atoms with Crippen LogP contribution >= 0.6 is 11.8 Å². The number of nitrogens with zero attached hydrogens (tertiary/aromatic N) is 1. The third-order valence-electron chi connectivity index (χ3n) is 1.35. The molecule has 0 spiro atoms. The van der Waals surface area contributed by atoms with Crippen LogP contribution in [0.3, 0.4) is 0 Å². The molecule has 1 rings (SSSR count). The van der Waals surface area contributed by atoms with Crippen molar-refractivity contribution in [2.45, 2.75) is 12.8 Å². The summed E-state index contributed by atoms with van der Waals surface area (Å²) in [5, 5.41) is 3.85. The smallest absolute Gasteiger partial charge is 0.332 e. The van der Waals surface area contributed by atoms with Crippen LogP contribution in [-0.2, 0) is 0 Å². The van der Waals surface area contributed by atoms with Crippen molar-refractivity contribution in [3.8, 4) is 0 Å². The van der Waals surface area contributed by atoms with Crippen LogP contribution in [0.4, 0.5) is 4.79 Å². The molecule has 3 N–H and O–H groups in total. The maximum Gasteiger partial charge on any atom is 0.332 e. The molecule has 1 aliphatic rings. The molecule has 1 heterocycles. The number of carbonyl (C=O) groups is 1. The van der Waals surface area contributed by atoms with Gasteiger partial charge in [-0.25, -0.2) is 10.2 Å². The molecule has 11 heavy (non-hydrogen) atoms. The Hall–Kier alpha value is -0.710. The van der Waals surface area contributed by atoms with E-state index in [0.717, 1.165) is 24.3 Å². The Morgan fingerprint density at radius 2 is 2.55 bits per heavy atom. The molecule has 2 amide bonds. The van der Waals surface area contributed by atoms with Crippen molar-refractivity contribution in [1.82, 2.24) is 5.43 Å². The molecule has 4 nitrogen and oxygen atoms in total. The third-order valence-corrected chi connectivity index (χ3v) is 2.46. The van der Waals surface area contributed by atoms with Crippen LogP contribution in [0.25, 0.3) is 0 Å². The van der Waals surface area contributed by atoms with Crippen LogP contribution in [-0.4, -0.2) is 23.2 Å². The molecule has 0 saturated carbocycles. The number of primary amides is 1. The van der Waals surface area contributed by atoms with Gasteiger partial charge in [-0.05, 0) is 18.6 Å². The summed E-state index contributed by atoms with van der Waals surface area (Å²) in [5.74, 6) is 2.11. The fourth-order valence-corrected chi connectivity index (χ4v) is 1.80. The van der Waals surface area contributed by atoms with E-state index in [1.807, 2.05) is 11.8 Å². The minimum absolute atomic E-state index is 0.590. The van der Waals surface area contributed by atoms with Gasteiger partial charge in [0.1, 0.15) is 0 Å². The summed E-state index contributed by atoms with van der Waals surface area (Å²) in [6.07, 6.45) is 2.12. The molecule has 0 aromatic carbocycles. The normalized spacial score (nSPS) is 21.6. The first-order chi connectivity index (χ1) is 5.29. The number of hydrogen-bond donors (Lipinski definition) is 2. The molecule has 5 heteroatoms. The Labute approximate surface area is 69.6 Å². The van der Waals surface area contributed by atoms with Crippen molar-refractivity contribution >= 4 is 23.5 Å². The average Bonchev–Trinajstić information content (AvgIpc) is 2.03. The lowest BCUT2D eigenvalue weighted by Crippen LogP contribution is -2.26. The molecule has 0 radical (unpaired) electrons. The highest BCUT2D eigenvalue weighted by molar-refractivity contribution is 8.00. The number of carbonyl (C=O) groups excluding carboxylic acids is 1. The summed E-state index contributed by atoms with van der Waals surface area (Å²) in [6, 6.07) is -0.590. The van der Waals surface area contributed by atoms with Gasteiger partial charge in [0.2, 0.25) is 0 Å². The summed E-state index contributed by atoms with van der Waals surface area (Å²) in [4.78, 5) is 10.2. The van der Waals surface area contributed by atoms with E-state index in [0.29, 0.717) is 0 Å². The molecular formula is C6H11N3OS. The SMILES string of the molecule is NC(=O)NN=C1CCCSC1. The topological polar surface area (TPSA) is 67.5 Å². The van der Waals surface area contributed by atoms with E-state index in [4.69, 9.17) is 5.73 Å². The zero-order valence-electron chi connectivity index (χ0n) is 6.17. The first kappa shape index (κ1) is 8.39. The van der Waals surface area contributed by atoms with Crippen molar-refractivity contribution in [3.63, 3.8) is 0 Å². The highest BCUT2D eigenvalue weighted by Gasteiger charge is 2.06. The number of amides is 2. The molecule has 0 aromatic rings. The van der Waals surface area contributed by atoms with Crippen LogP contribution in [0.5, 0.6) is 0 Å². The summed E-state index contributed by atoms with van der Waals surface area (Å²) in [5.41, 5.74) is 8.10. The van der Waals surface area contributed by atoms with Gasteiger partial charge < -0.3 is 5.73 Å². The predicted molar refractivity (Wildman–Crippen MR) is 46.7 cm³/mol. The maximum atomic E-state index is 10.2. The van der Waals surface area contributed by atoms with Crippen LogP contribution in [0.15, 0.2) is 5.10 Å². The zero-order valence-corrected chi connectivity index (χ0v) is 6.99. The summed E-state index contributed by atoms with van der Waals surface area (Å²) >= 11 is 1.83. The lowest BCUT2D eigenvalue weighted by molar-refractivity contribution is 0.249. The summed E-state index contributed by atoms with van der Waals surface area (Å²) in [6.45, 7) is 0. The first-order valence-electron chi connectivity index (χ1n) is 3.47. The molecule has 1 fully saturated rings. The van der Waals surface area contributed by atoms with E-state index in [1.165, 1.54) is 5.75 Å². The maximum absolute atomic E-state index is 10.2. The molecule has 0 bridgehead atoms. The lowest BCUT2D eigenvalue weighted by Gasteiger charge is -2.10. The number of hydrogen-bond acceptors (Lipinski definition) is 3. The fraction of sp³-hybridized carbons (Fsp3) is 0.667. The van der Waals surface area contributed by atoms with Gasteiger partial charge >= 0.3 is 6.03 Å². The Morgan fingerprint density at radius 3 is 3.09 bits per heavy atom. The second-order valence-electron chi connectivity index (χ2n) is 2.31. The van der Waals surface area contributed by atoms with E-state index in [2.05, 4.69) is 10.5 Å². The molecule has 0 unspecified atom stereocenters. The quantitative estimate of drug-likeness (QED) is 0.568. The van der Waals surface area contributed by atoms with Gasteiger partial charge in [0.05, 0.1) is 0 Å². The van der Waals surface area contributed by atoms with Gasteiger partial charge in [-0.2, -0.15) is 16.9 Å². The number of urea groups is 1. The van der Waals surface area contributed by atoms with E-state index in [9.17, 15) is 4.79 Å². The van der Waals surface area contributed by atoms with E-state index >= 15 is 0 Å². The second-order valence-corrected chi connectivity index (χ2v) is 3.42. The van der Waals surface area contributed by atoms with Crippen LogP contribution in [0, 0.1) is 0 Å². The average molecular weight is 173 g/mol. The molecule has 62 valence electrons. The zero-order chi connectivity index (χ0) is 8.10. The Bertz CT molecular complexity index is 173. The number of nitrogens with one attached hydrogen (secondary N) is 1.